The van der Waals surface area contributed by atoms with Crippen LogP contribution in [-0.4, -0.2) is 11.5 Å². The van der Waals surface area contributed by atoms with Crippen molar-refractivity contribution < 1.29 is 4.74 Å². The molecule has 0 amide bonds. The SMILES string of the molecule is CC(C)(C)Oc1ccc(C#CCCCl)cc1. The number of alkyl halides is 1. The molecule has 0 aliphatic carbocycles. The Morgan fingerprint density at radius 2 is 1.81 bits per heavy atom. The molecular weight excluding hydrogens is 220 g/mol. The first-order valence-corrected chi connectivity index (χ1v) is 5.88. The summed E-state index contributed by atoms with van der Waals surface area (Å²) in [6.45, 7) is 6.09. The van der Waals surface area contributed by atoms with Crippen molar-refractivity contribution >= 4 is 11.6 Å². The summed E-state index contributed by atoms with van der Waals surface area (Å²) in [5.74, 6) is 7.49. The predicted octanol–water partition coefficient (Wildman–Crippen LogP) is 3.84. The Morgan fingerprint density at radius 1 is 1.19 bits per heavy atom. The van der Waals surface area contributed by atoms with E-state index in [9.17, 15) is 0 Å². The van der Waals surface area contributed by atoms with Crippen molar-refractivity contribution in [2.75, 3.05) is 5.88 Å². The van der Waals surface area contributed by atoms with Crippen LogP contribution >= 0.6 is 11.6 Å². The number of rotatable bonds is 2. The van der Waals surface area contributed by atoms with Crippen molar-refractivity contribution in [3.8, 4) is 17.6 Å². The largest absolute Gasteiger partial charge is 0.488 e. The van der Waals surface area contributed by atoms with E-state index in [1.807, 2.05) is 45.0 Å². The number of benzene rings is 1. The van der Waals surface area contributed by atoms with Gasteiger partial charge in [-0.2, -0.15) is 0 Å². The van der Waals surface area contributed by atoms with Gasteiger partial charge in [0.15, 0.2) is 0 Å². The van der Waals surface area contributed by atoms with Gasteiger partial charge in [-0.05, 0) is 45.0 Å². The third kappa shape index (κ3) is 5.09. The van der Waals surface area contributed by atoms with E-state index in [2.05, 4.69) is 11.8 Å². The Balaban J connectivity index is 2.66. The van der Waals surface area contributed by atoms with Crippen molar-refractivity contribution in [3.05, 3.63) is 29.8 Å². The highest BCUT2D eigenvalue weighted by Crippen LogP contribution is 2.18. The van der Waals surface area contributed by atoms with E-state index in [1.54, 1.807) is 0 Å². The maximum atomic E-state index is 5.71. The molecule has 0 aliphatic heterocycles. The van der Waals surface area contributed by atoms with Gasteiger partial charge in [0, 0.05) is 17.9 Å². The van der Waals surface area contributed by atoms with Gasteiger partial charge in [-0.1, -0.05) is 11.8 Å². The van der Waals surface area contributed by atoms with Crippen molar-refractivity contribution in [2.45, 2.75) is 32.8 Å². The first-order chi connectivity index (χ1) is 7.51. The molecule has 0 aliphatic rings. The van der Waals surface area contributed by atoms with Gasteiger partial charge in [0.1, 0.15) is 11.4 Å². The highest BCUT2D eigenvalue weighted by atomic mass is 35.5. The van der Waals surface area contributed by atoms with Gasteiger partial charge in [-0.15, -0.1) is 11.6 Å². The Hall–Kier alpha value is -1.13. The van der Waals surface area contributed by atoms with E-state index in [0.29, 0.717) is 5.88 Å². The van der Waals surface area contributed by atoms with Crippen LogP contribution in [-0.2, 0) is 0 Å². The van der Waals surface area contributed by atoms with Crippen LogP contribution in [0.4, 0.5) is 0 Å². The number of halogens is 1. The first-order valence-electron chi connectivity index (χ1n) is 5.35. The molecule has 0 atom stereocenters. The zero-order valence-electron chi connectivity index (χ0n) is 10.0. The number of hydrogen-bond acceptors (Lipinski definition) is 1. The molecule has 0 saturated carbocycles. The fourth-order valence-corrected chi connectivity index (χ4v) is 1.27. The summed E-state index contributed by atoms with van der Waals surface area (Å²) in [6, 6.07) is 7.80. The molecule has 0 aromatic heterocycles. The van der Waals surface area contributed by atoms with Gasteiger partial charge < -0.3 is 4.74 Å². The maximum absolute atomic E-state index is 5.71. The third-order valence-corrected chi connectivity index (χ3v) is 1.92. The summed E-state index contributed by atoms with van der Waals surface area (Å²) in [5, 5.41) is 0. The molecule has 0 radical (unpaired) electrons. The lowest BCUT2D eigenvalue weighted by Gasteiger charge is -2.21. The van der Waals surface area contributed by atoms with Crippen LogP contribution in [0.2, 0.25) is 0 Å². The summed E-state index contributed by atoms with van der Waals surface area (Å²) < 4.78 is 5.71. The van der Waals surface area contributed by atoms with Crippen LogP contribution in [0.5, 0.6) is 5.75 Å². The summed E-state index contributed by atoms with van der Waals surface area (Å²) in [5.41, 5.74) is 0.831. The Bertz CT molecular complexity index is 376. The predicted molar refractivity (Wildman–Crippen MR) is 69.0 cm³/mol. The van der Waals surface area contributed by atoms with Crippen LogP contribution in [0, 0.1) is 11.8 Å². The second-order valence-electron chi connectivity index (χ2n) is 4.48. The number of hydrogen-bond donors (Lipinski definition) is 0. The van der Waals surface area contributed by atoms with Gasteiger partial charge in [-0.3, -0.25) is 0 Å². The lowest BCUT2D eigenvalue weighted by molar-refractivity contribution is 0.131. The topological polar surface area (TPSA) is 9.23 Å². The summed E-state index contributed by atoms with van der Waals surface area (Å²) in [4.78, 5) is 0. The zero-order valence-corrected chi connectivity index (χ0v) is 10.8. The van der Waals surface area contributed by atoms with E-state index in [-0.39, 0.29) is 5.60 Å². The minimum absolute atomic E-state index is 0.161. The number of ether oxygens (including phenoxy) is 1. The normalized spacial score (nSPS) is 10.5. The molecule has 16 heavy (non-hydrogen) atoms. The van der Waals surface area contributed by atoms with Gasteiger partial charge in [0.05, 0.1) is 0 Å². The monoisotopic (exact) mass is 236 g/mol. The van der Waals surface area contributed by atoms with Crippen molar-refractivity contribution in [3.63, 3.8) is 0 Å². The average molecular weight is 237 g/mol. The molecule has 0 N–H and O–H groups in total. The second kappa shape index (κ2) is 5.82. The fraction of sp³-hybridized carbons (Fsp3) is 0.429. The molecular formula is C14H17ClO. The van der Waals surface area contributed by atoms with Gasteiger partial charge in [-0.25, -0.2) is 0 Å². The lowest BCUT2D eigenvalue weighted by atomic mass is 10.1. The third-order valence-electron chi connectivity index (χ3n) is 1.73. The summed E-state index contributed by atoms with van der Waals surface area (Å²) >= 11 is 5.54. The molecule has 0 fully saturated rings. The summed E-state index contributed by atoms with van der Waals surface area (Å²) in [7, 11) is 0. The molecule has 0 saturated heterocycles. The molecule has 86 valence electrons. The molecule has 1 rings (SSSR count). The smallest absolute Gasteiger partial charge is 0.120 e. The zero-order chi connectivity index (χ0) is 12.0. The lowest BCUT2D eigenvalue weighted by Crippen LogP contribution is -2.22. The second-order valence-corrected chi connectivity index (χ2v) is 4.86. The van der Waals surface area contributed by atoms with E-state index >= 15 is 0 Å². The molecule has 1 nitrogen and oxygen atoms in total. The Labute approximate surface area is 103 Å². The van der Waals surface area contributed by atoms with Crippen molar-refractivity contribution in [1.29, 1.82) is 0 Å². The van der Waals surface area contributed by atoms with Crippen LogP contribution in [0.1, 0.15) is 32.8 Å². The molecule has 0 bridgehead atoms. The molecule has 0 heterocycles. The minimum Gasteiger partial charge on any atom is -0.488 e. The van der Waals surface area contributed by atoms with E-state index in [4.69, 9.17) is 16.3 Å². The average Bonchev–Trinajstić information content (AvgIpc) is 2.19. The fourth-order valence-electron chi connectivity index (χ4n) is 1.17. The highest BCUT2D eigenvalue weighted by molar-refractivity contribution is 6.18. The summed E-state index contributed by atoms with van der Waals surface area (Å²) in [6.07, 6.45) is 0.724. The molecule has 0 unspecified atom stereocenters. The molecule has 1 aromatic carbocycles. The quantitative estimate of drug-likeness (QED) is 0.560. The first kappa shape index (κ1) is 12.9. The van der Waals surface area contributed by atoms with Crippen LogP contribution < -0.4 is 4.74 Å². The van der Waals surface area contributed by atoms with Crippen LogP contribution in [0.25, 0.3) is 0 Å². The van der Waals surface area contributed by atoms with E-state index in [0.717, 1.165) is 17.7 Å². The van der Waals surface area contributed by atoms with E-state index < -0.39 is 0 Å². The van der Waals surface area contributed by atoms with E-state index in [1.165, 1.54) is 0 Å². The van der Waals surface area contributed by atoms with Crippen LogP contribution in [0.15, 0.2) is 24.3 Å². The Kier molecular flexibility index (Phi) is 4.71. The van der Waals surface area contributed by atoms with Crippen molar-refractivity contribution in [1.82, 2.24) is 0 Å². The van der Waals surface area contributed by atoms with Gasteiger partial charge in [0.2, 0.25) is 0 Å². The van der Waals surface area contributed by atoms with Gasteiger partial charge in [0.25, 0.3) is 0 Å². The highest BCUT2D eigenvalue weighted by Gasteiger charge is 2.10. The molecule has 1 aromatic rings. The molecule has 2 heteroatoms. The Morgan fingerprint density at radius 3 is 2.31 bits per heavy atom. The minimum atomic E-state index is -0.161. The standard InChI is InChI=1S/C14H17ClO/c1-14(2,3)16-13-9-7-12(8-10-13)6-4-5-11-15/h7-10H,5,11H2,1-3H3. The van der Waals surface area contributed by atoms with Crippen LogP contribution in [0.3, 0.4) is 0 Å². The van der Waals surface area contributed by atoms with Gasteiger partial charge >= 0.3 is 0 Å². The van der Waals surface area contributed by atoms with Crippen molar-refractivity contribution in [2.24, 2.45) is 0 Å². The maximum Gasteiger partial charge on any atom is 0.120 e. The molecule has 0 spiro atoms.